The van der Waals surface area contributed by atoms with E-state index in [0.717, 1.165) is 12.1 Å². The van der Waals surface area contributed by atoms with Gasteiger partial charge in [0.2, 0.25) is 0 Å². The molecule has 0 atom stereocenters. The molecule has 2 rings (SSSR count). The van der Waals surface area contributed by atoms with Crippen LogP contribution in [-0.2, 0) is 6.54 Å². The van der Waals surface area contributed by atoms with E-state index in [1.54, 1.807) is 18.2 Å². The minimum absolute atomic E-state index is 0.231. The van der Waals surface area contributed by atoms with Gasteiger partial charge in [-0.15, -0.1) is 0 Å². The van der Waals surface area contributed by atoms with Crippen molar-refractivity contribution < 1.29 is 8.78 Å². The van der Waals surface area contributed by atoms with Gasteiger partial charge in [0.15, 0.2) is 11.6 Å². The number of hydrogen-bond acceptors (Lipinski definition) is 2. The molecule has 2 nitrogen and oxygen atoms in total. The minimum Gasteiger partial charge on any atom is -0.389 e. The lowest BCUT2D eigenvalue weighted by Gasteiger charge is -2.12. The fraction of sp³-hybridized carbons (Fsp3) is 0.0714. The van der Waals surface area contributed by atoms with Crippen molar-refractivity contribution in [3.63, 3.8) is 0 Å². The highest BCUT2D eigenvalue weighted by Crippen LogP contribution is 2.22. The number of hydrogen-bond donors (Lipinski definition) is 2. The molecule has 0 bridgehead atoms. The third-order valence-electron chi connectivity index (χ3n) is 2.71. The average Bonchev–Trinajstić information content (AvgIpc) is 2.40. The molecule has 0 heterocycles. The first-order valence-corrected chi connectivity index (χ1v) is 6.53. The number of benzene rings is 2. The molecule has 6 heteroatoms. The number of anilines is 1. The Hall–Kier alpha value is -1.72. The van der Waals surface area contributed by atoms with E-state index < -0.39 is 11.6 Å². The second-order valence-corrected chi connectivity index (χ2v) is 5.03. The SMILES string of the molecule is NC(=S)c1ccc(Cl)cc1NCc1ccc(F)c(F)c1. The van der Waals surface area contributed by atoms with Gasteiger partial charge in [0, 0.05) is 22.8 Å². The lowest BCUT2D eigenvalue weighted by molar-refractivity contribution is 0.507. The highest BCUT2D eigenvalue weighted by molar-refractivity contribution is 7.80. The van der Waals surface area contributed by atoms with Crippen LogP contribution >= 0.6 is 23.8 Å². The van der Waals surface area contributed by atoms with Gasteiger partial charge in [0.1, 0.15) is 4.99 Å². The van der Waals surface area contributed by atoms with Gasteiger partial charge in [-0.05, 0) is 35.9 Å². The van der Waals surface area contributed by atoms with Gasteiger partial charge in [-0.3, -0.25) is 0 Å². The minimum atomic E-state index is -0.884. The van der Waals surface area contributed by atoms with Crippen LogP contribution in [0.4, 0.5) is 14.5 Å². The van der Waals surface area contributed by atoms with E-state index in [1.807, 2.05) is 0 Å². The number of nitrogens with two attached hydrogens (primary N) is 1. The van der Waals surface area contributed by atoms with Crippen molar-refractivity contribution in [2.45, 2.75) is 6.54 Å². The molecule has 0 radical (unpaired) electrons. The van der Waals surface area contributed by atoms with Crippen molar-refractivity contribution >= 4 is 34.5 Å². The van der Waals surface area contributed by atoms with E-state index in [1.165, 1.54) is 6.07 Å². The van der Waals surface area contributed by atoms with Gasteiger partial charge < -0.3 is 11.1 Å². The van der Waals surface area contributed by atoms with Gasteiger partial charge in [-0.2, -0.15) is 0 Å². The van der Waals surface area contributed by atoms with Gasteiger partial charge in [-0.1, -0.05) is 29.9 Å². The van der Waals surface area contributed by atoms with Crippen LogP contribution in [0.25, 0.3) is 0 Å². The molecule has 2 aromatic rings. The third kappa shape index (κ3) is 3.43. The fourth-order valence-electron chi connectivity index (χ4n) is 1.72. The van der Waals surface area contributed by atoms with Crippen molar-refractivity contribution in [3.8, 4) is 0 Å². The second-order valence-electron chi connectivity index (χ2n) is 4.16. The lowest BCUT2D eigenvalue weighted by Crippen LogP contribution is -2.13. The standard InChI is InChI=1S/C14H11ClF2N2S/c15-9-2-3-10(14(18)20)13(6-9)19-7-8-1-4-11(16)12(17)5-8/h1-6,19H,7H2,(H2,18,20). The molecular weight excluding hydrogens is 302 g/mol. The summed E-state index contributed by atoms with van der Waals surface area (Å²) < 4.78 is 26.0. The Morgan fingerprint density at radius 1 is 1.15 bits per heavy atom. The van der Waals surface area contributed by atoms with Gasteiger partial charge >= 0.3 is 0 Å². The van der Waals surface area contributed by atoms with Crippen molar-refractivity contribution in [1.82, 2.24) is 0 Å². The Bertz CT molecular complexity index is 662. The molecule has 0 saturated heterocycles. The van der Waals surface area contributed by atoms with E-state index in [9.17, 15) is 8.78 Å². The van der Waals surface area contributed by atoms with Gasteiger partial charge in [0.25, 0.3) is 0 Å². The van der Waals surface area contributed by atoms with E-state index in [2.05, 4.69) is 5.32 Å². The summed E-state index contributed by atoms with van der Waals surface area (Å²) in [4.78, 5) is 0.231. The molecule has 0 fully saturated rings. The molecule has 20 heavy (non-hydrogen) atoms. The maximum absolute atomic E-state index is 13.1. The molecule has 0 aliphatic heterocycles. The third-order valence-corrected chi connectivity index (χ3v) is 3.17. The van der Waals surface area contributed by atoms with Crippen molar-refractivity contribution in [2.75, 3.05) is 5.32 Å². The molecule has 104 valence electrons. The van der Waals surface area contributed by atoms with Crippen molar-refractivity contribution in [3.05, 3.63) is 64.2 Å². The van der Waals surface area contributed by atoms with Crippen LogP contribution < -0.4 is 11.1 Å². The average molecular weight is 313 g/mol. The van der Waals surface area contributed by atoms with E-state index >= 15 is 0 Å². The van der Waals surface area contributed by atoms with Crippen LogP contribution in [0.2, 0.25) is 5.02 Å². The molecule has 0 amide bonds. The maximum Gasteiger partial charge on any atom is 0.159 e. The topological polar surface area (TPSA) is 38.0 Å². The zero-order valence-electron chi connectivity index (χ0n) is 10.3. The summed E-state index contributed by atoms with van der Waals surface area (Å²) >= 11 is 10.9. The smallest absolute Gasteiger partial charge is 0.159 e. The molecule has 0 unspecified atom stereocenters. The highest BCUT2D eigenvalue weighted by atomic mass is 35.5. The largest absolute Gasteiger partial charge is 0.389 e. The molecule has 0 aliphatic carbocycles. The van der Waals surface area contributed by atoms with Crippen LogP contribution in [-0.4, -0.2) is 4.99 Å². The second kappa shape index (κ2) is 6.15. The zero-order valence-corrected chi connectivity index (χ0v) is 11.9. The number of nitrogens with one attached hydrogen (secondary N) is 1. The van der Waals surface area contributed by atoms with Crippen LogP contribution in [0.5, 0.6) is 0 Å². The first-order valence-electron chi connectivity index (χ1n) is 5.74. The zero-order chi connectivity index (χ0) is 14.7. The maximum atomic E-state index is 13.1. The predicted octanol–water partition coefficient (Wildman–Crippen LogP) is 3.86. The Morgan fingerprint density at radius 3 is 2.55 bits per heavy atom. The quantitative estimate of drug-likeness (QED) is 0.842. The van der Waals surface area contributed by atoms with Gasteiger partial charge in [-0.25, -0.2) is 8.78 Å². The molecular formula is C14H11ClF2N2S. The van der Waals surface area contributed by atoms with Crippen LogP contribution in [0.15, 0.2) is 36.4 Å². The monoisotopic (exact) mass is 312 g/mol. The molecule has 0 saturated carbocycles. The predicted molar refractivity (Wildman–Crippen MR) is 81.0 cm³/mol. The summed E-state index contributed by atoms with van der Waals surface area (Å²) in [5.41, 5.74) is 7.50. The molecule has 3 N–H and O–H groups in total. The van der Waals surface area contributed by atoms with E-state index in [-0.39, 0.29) is 4.99 Å². The Morgan fingerprint density at radius 2 is 1.90 bits per heavy atom. The lowest BCUT2D eigenvalue weighted by atomic mass is 10.1. The molecule has 2 aromatic carbocycles. The first-order chi connectivity index (χ1) is 9.47. The van der Waals surface area contributed by atoms with E-state index in [0.29, 0.717) is 28.4 Å². The summed E-state index contributed by atoms with van der Waals surface area (Å²) in [6.45, 7) is 0.299. The summed E-state index contributed by atoms with van der Waals surface area (Å²) in [6, 6.07) is 8.77. The summed E-state index contributed by atoms with van der Waals surface area (Å²) in [5, 5.41) is 3.58. The molecule has 0 spiro atoms. The fourth-order valence-corrected chi connectivity index (χ4v) is 2.07. The van der Waals surface area contributed by atoms with Crippen molar-refractivity contribution in [1.29, 1.82) is 0 Å². The van der Waals surface area contributed by atoms with Crippen molar-refractivity contribution in [2.24, 2.45) is 5.73 Å². The highest BCUT2D eigenvalue weighted by Gasteiger charge is 2.07. The Labute approximate surface area is 125 Å². The first kappa shape index (κ1) is 14.7. The summed E-state index contributed by atoms with van der Waals surface area (Å²) in [7, 11) is 0. The van der Waals surface area contributed by atoms with Crippen LogP contribution in [0.1, 0.15) is 11.1 Å². The number of thiocarbonyl (C=S) groups is 1. The normalized spacial score (nSPS) is 10.3. The van der Waals surface area contributed by atoms with Crippen LogP contribution in [0, 0.1) is 11.6 Å². The van der Waals surface area contributed by atoms with Crippen LogP contribution in [0.3, 0.4) is 0 Å². The Balaban J connectivity index is 2.20. The number of rotatable bonds is 4. The summed E-state index contributed by atoms with van der Waals surface area (Å²) in [6.07, 6.45) is 0. The summed E-state index contributed by atoms with van der Waals surface area (Å²) in [5.74, 6) is -1.76. The number of halogens is 3. The molecule has 0 aliphatic rings. The van der Waals surface area contributed by atoms with E-state index in [4.69, 9.17) is 29.6 Å². The molecule has 0 aromatic heterocycles. The Kier molecular flexibility index (Phi) is 4.52. The van der Waals surface area contributed by atoms with Gasteiger partial charge in [0.05, 0.1) is 0 Å².